The Hall–Kier alpha value is -7.20. The largest absolute Gasteiger partial charge is 0.309 e. The maximum absolute atomic E-state index is 10.0. The van der Waals surface area contributed by atoms with Gasteiger partial charge in [-0.3, -0.25) is 0 Å². The highest BCUT2D eigenvalue weighted by molar-refractivity contribution is 7.26. The van der Waals surface area contributed by atoms with Gasteiger partial charge >= 0.3 is 0 Å². The van der Waals surface area contributed by atoms with Crippen LogP contribution in [0.4, 0.5) is 0 Å². The van der Waals surface area contributed by atoms with E-state index in [1.54, 1.807) is 24.3 Å². The van der Waals surface area contributed by atoms with Crippen LogP contribution < -0.4 is 0 Å². The number of nitrogens with zero attached hydrogens (tertiary/aromatic N) is 2. The fourth-order valence-corrected chi connectivity index (χ4v) is 8.58. The van der Waals surface area contributed by atoms with Crippen LogP contribution in [0, 0.1) is 0 Å². The summed E-state index contributed by atoms with van der Waals surface area (Å²) in [6.45, 7) is 0. The molecule has 12 aromatic rings. The van der Waals surface area contributed by atoms with E-state index >= 15 is 0 Å². The normalized spacial score (nSPS) is 17.0. The molecule has 0 atom stereocenters. The number of fused-ring (bicyclic) bond motifs is 9. The van der Waals surface area contributed by atoms with Crippen molar-refractivity contribution in [2.24, 2.45) is 0 Å². The van der Waals surface area contributed by atoms with Gasteiger partial charge in [-0.25, -0.2) is 0 Å². The van der Waals surface area contributed by atoms with Crippen molar-refractivity contribution in [3.05, 3.63) is 206 Å². The van der Waals surface area contributed by atoms with Crippen LogP contribution in [0.5, 0.6) is 0 Å². The van der Waals surface area contributed by atoms with Crippen LogP contribution in [0.2, 0.25) is 0 Å². The topological polar surface area (TPSA) is 9.86 Å². The molecule has 0 radical (unpaired) electrons. The van der Waals surface area contributed by atoms with Gasteiger partial charge in [-0.2, -0.15) is 0 Å². The third-order valence-corrected chi connectivity index (χ3v) is 11.2. The van der Waals surface area contributed by atoms with Crippen LogP contribution in [0.1, 0.15) is 28.8 Å². The number of hydrogen-bond donors (Lipinski definition) is 0. The molecule has 3 aromatic heterocycles. The van der Waals surface area contributed by atoms with Gasteiger partial charge in [-0.1, -0.05) is 139 Å². The molecule has 2 nitrogen and oxygen atoms in total. The lowest BCUT2D eigenvalue weighted by Gasteiger charge is -2.11. The molecule has 0 amide bonds. The van der Waals surface area contributed by atoms with Crippen molar-refractivity contribution in [2.75, 3.05) is 0 Å². The van der Waals surface area contributed by atoms with E-state index in [0.29, 0.717) is 5.69 Å². The Morgan fingerprint density at radius 1 is 0.368 bits per heavy atom. The number of thiophene rings is 1. The van der Waals surface area contributed by atoms with Crippen molar-refractivity contribution >= 4 is 75.1 Å². The third kappa shape index (κ3) is 5.03. The average Bonchev–Trinajstić information content (AvgIpc) is 4.19. The fourth-order valence-electron chi connectivity index (χ4n) is 7.59. The minimum absolute atomic E-state index is 0.0149. The summed E-state index contributed by atoms with van der Waals surface area (Å²) < 4.78 is 195. The highest BCUT2D eigenvalue weighted by Crippen LogP contribution is 2.43. The number of aromatic nitrogens is 2. The molecule has 0 aliphatic carbocycles. The van der Waals surface area contributed by atoms with Crippen LogP contribution in [-0.4, -0.2) is 9.13 Å². The Bertz CT molecular complexity index is 4740. The Balaban J connectivity index is 1.20. The summed E-state index contributed by atoms with van der Waals surface area (Å²) in [4.78, 5) is 0. The summed E-state index contributed by atoms with van der Waals surface area (Å²) in [5.74, 6) is 0. The van der Waals surface area contributed by atoms with E-state index in [1.807, 2.05) is 30.3 Å². The van der Waals surface area contributed by atoms with Crippen molar-refractivity contribution in [1.82, 2.24) is 9.13 Å². The number of benzene rings is 9. The first-order valence-corrected chi connectivity index (χ1v) is 18.6. The SMILES string of the molecule is [2H]c1ccc(-c2c([2H])c([2H])c([2H])c3sc4c([2H])c([2H])c(-n5c6cc([2H])c(-c7c([2H])c([2H])c8c9c([2H])c([2H])c([2H])c([2H])c9n(-c9ccc(-c%10ccccc%10)cc9)c8c7[2H])c([2H])c6c6c([2H])c([2H])c([2H])c([2H])c65)cc4c23)c([2H])c1[2H]. The molecular weight excluding hydrogens is 709 g/mol. The monoisotopic (exact) mass is 763 g/mol. The predicted molar refractivity (Wildman–Crippen MR) is 244 cm³/mol. The molecule has 0 unspecified atom stereocenters. The molecule has 0 aliphatic rings. The number of rotatable bonds is 5. The Kier molecular flexibility index (Phi) is 3.94. The zero-order chi connectivity index (χ0) is 55.7. The van der Waals surface area contributed by atoms with E-state index in [-0.39, 0.29) is 92.7 Å². The van der Waals surface area contributed by atoms with Gasteiger partial charge in [0.15, 0.2) is 0 Å². The average molecular weight is 764 g/mol. The van der Waals surface area contributed by atoms with E-state index in [4.69, 9.17) is 16.4 Å². The van der Waals surface area contributed by atoms with E-state index in [9.17, 15) is 12.3 Å². The van der Waals surface area contributed by atoms with Gasteiger partial charge in [0, 0.05) is 53.1 Å². The fraction of sp³-hybridized carbons (Fsp3) is 0. The van der Waals surface area contributed by atoms with Crippen LogP contribution >= 0.6 is 11.3 Å². The van der Waals surface area contributed by atoms with E-state index < -0.39 is 126 Å². The van der Waals surface area contributed by atoms with E-state index in [0.717, 1.165) is 22.5 Å². The molecule has 0 N–H and O–H groups in total. The minimum Gasteiger partial charge on any atom is -0.309 e. The molecule has 0 fully saturated rings. The summed E-state index contributed by atoms with van der Waals surface area (Å²) in [6, 6.07) is 10.1. The van der Waals surface area contributed by atoms with Gasteiger partial charge in [0.1, 0.15) is 0 Å². The minimum atomic E-state index is -0.714. The first-order chi connectivity index (χ1) is 37.0. The van der Waals surface area contributed by atoms with Crippen LogP contribution in [0.25, 0.3) is 109 Å². The zero-order valence-electron chi connectivity index (χ0n) is 50.3. The standard InChI is InChI=1S/C54H34N2S/c1-3-12-35(13-4-1)36-22-26-40(27-23-36)55-48-19-9-7-16-43(48)45-29-24-39(33-51(45)55)38-25-30-50-46(32-38)44-17-8-10-20-49(44)56(50)41-28-31-52-47(34-41)54-42(18-11-21-53(54)57-52)37-14-5-2-6-15-37/h1-34H/i2D,5D,7D,8D,9D,10D,11D,14D,16D,17D,18D,19D,20D,21D,24D,25D,28D,29D,31D,32D,33D. The zero-order valence-corrected chi connectivity index (χ0v) is 30.1. The first kappa shape index (κ1) is 17.7. The number of para-hydroxylation sites is 2. The van der Waals surface area contributed by atoms with Crippen LogP contribution in [-0.2, 0) is 0 Å². The lowest BCUT2D eigenvalue weighted by Crippen LogP contribution is -1.94. The highest BCUT2D eigenvalue weighted by atomic mass is 32.1. The number of hydrogen-bond acceptors (Lipinski definition) is 1. The second-order valence-corrected chi connectivity index (χ2v) is 14.3. The van der Waals surface area contributed by atoms with Crippen molar-refractivity contribution < 1.29 is 28.8 Å². The molecular formula is C54H34N2S. The van der Waals surface area contributed by atoms with Gasteiger partial charge in [-0.15, -0.1) is 11.3 Å². The maximum atomic E-state index is 10.0. The highest BCUT2D eigenvalue weighted by Gasteiger charge is 2.18. The van der Waals surface area contributed by atoms with E-state index in [2.05, 4.69) is 0 Å². The Labute approximate surface area is 363 Å². The van der Waals surface area contributed by atoms with Gasteiger partial charge in [0.05, 0.1) is 50.9 Å². The van der Waals surface area contributed by atoms with Crippen LogP contribution in [0.15, 0.2) is 206 Å². The van der Waals surface area contributed by atoms with Gasteiger partial charge < -0.3 is 9.13 Å². The second kappa shape index (κ2) is 12.7. The molecule has 12 rings (SSSR count). The molecule has 0 saturated heterocycles. The molecule has 0 spiro atoms. The third-order valence-electron chi connectivity index (χ3n) is 10.1. The summed E-state index contributed by atoms with van der Waals surface area (Å²) in [7, 11) is 0. The molecule has 57 heavy (non-hydrogen) atoms. The van der Waals surface area contributed by atoms with Gasteiger partial charge in [0.25, 0.3) is 0 Å². The summed E-state index contributed by atoms with van der Waals surface area (Å²) in [5, 5.41) is -0.564. The first-order valence-electron chi connectivity index (χ1n) is 28.3. The Morgan fingerprint density at radius 2 is 1.07 bits per heavy atom. The van der Waals surface area contributed by atoms with Crippen molar-refractivity contribution in [3.8, 4) is 44.8 Å². The molecule has 0 bridgehead atoms. The van der Waals surface area contributed by atoms with Crippen molar-refractivity contribution in [3.63, 3.8) is 0 Å². The molecule has 9 aromatic carbocycles. The Morgan fingerprint density at radius 3 is 1.91 bits per heavy atom. The quantitative estimate of drug-likeness (QED) is 0.165. The van der Waals surface area contributed by atoms with Crippen molar-refractivity contribution in [2.45, 2.75) is 0 Å². The molecule has 3 heteroatoms. The van der Waals surface area contributed by atoms with E-state index in [1.165, 1.54) is 33.4 Å². The molecule has 0 aliphatic heterocycles. The lowest BCUT2D eigenvalue weighted by atomic mass is 9.99. The van der Waals surface area contributed by atoms with Crippen molar-refractivity contribution in [1.29, 1.82) is 0 Å². The summed E-state index contributed by atoms with van der Waals surface area (Å²) in [5.41, 5.74) is 0.181. The van der Waals surface area contributed by atoms with Gasteiger partial charge in [-0.05, 0) is 99.9 Å². The molecule has 3 heterocycles. The summed E-state index contributed by atoms with van der Waals surface area (Å²) in [6.07, 6.45) is 0. The maximum Gasteiger partial charge on any atom is 0.0652 e. The molecule has 0 saturated carbocycles. The smallest absolute Gasteiger partial charge is 0.0652 e. The molecule has 266 valence electrons. The predicted octanol–water partition coefficient (Wildman–Crippen LogP) is 15.2. The lowest BCUT2D eigenvalue weighted by molar-refractivity contribution is 1.18. The van der Waals surface area contributed by atoms with Crippen LogP contribution in [0.3, 0.4) is 0 Å². The summed E-state index contributed by atoms with van der Waals surface area (Å²) >= 11 is 0.883. The van der Waals surface area contributed by atoms with Gasteiger partial charge in [0.2, 0.25) is 0 Å². The second-order valence-electron chi connectivity index (χ2n) is 13.3.